The number of fused-ring (bicyclic) bond motifs is 1. The molecule has 8 nitrogen and oxygen atoms in total. The molecule has 8 heteroatoms. The highest BCUT2D eigenvalue weighted by atomic mass is 16.5. The van der Waals surface area contributed by atoms with Crippen molar-refractivity contribution >= 4 is 5.91 Å². The number of aromatic nitrogens is 2. The van der Waals surface area contributed by atoms with Gasteiger partial charge in [0.25, 0.3) is 5.91 Å². The molecule has 2 aliphatic heterocycles. The Morgan fingerprint density at radius 2 is 1.87 bits per heavy atom. The first kappa shape index (κ1) is 26.3. The van der Waals surface area contributed by atoms with Gasteiger partial charge in [0.05, 0.1) is 38.7 Å². The second-order valence-electron chi connectivity index (χ2n) is 10.4. The Hall–Kier alpha value is -3.36. The van der Waals surface area contributed by atoms with Gasteiger partial charge >= 0.3 is 0 Å². The molecule has 1 unspecified atom stereocenters. The fourth-order valence-corrected chi connectivity index (χ4v) is 5.26. The van der Waals surface area contributed by atoms with E-state index < -0.39 is 0 Å². The van der Waals surface area contributed by atoms with Gasteiger partial charge in [-0.05, 0) is 36.5 Å². The number of morpholine rings is 1. The van der Waals surface area contributed by atoms with Crippen LogP contribution in [0.5, 0.6) is 11.5 Å². The maximum absolute atomic E-state index is 13.7. The van der Waals surface area contributed by atoms with E-state index in [1.165, 1.54) is 0 Å². The summed E-state index contributed by atoms with van der Waals surface area (Å²) in [5.41, 5.74) is 4.26. The highest BCUT2D eigenvalue weighted by Gasteiger charge is 2.42. The summed E-state index contributed by atoms with van der Waals surface area (Å²) >= 11 is 0. The van der Waals surface area contributed by atoms with E-state index in [0.717, 1.165) is 73.8 Å². The zero-order valence-electron chi connectivity index (χ0n) is 22.6. The van der Waals surface area contributed by atoms with E-state index in [2.05, 4.69) is 35.0 Å². The minimum Gasteiger partial charge on any atom is -0.493 e. The van der Waals surface area contributed by atoms with Gasteiger partial charge in [-0.15, -0.1) is 0 Å². The second-order valence-corrected chi connectivity index (χ2v) is 10.4. The van der Waals surface area contributed by atoms with Gasteiger partial charge in [-0.2, -0.15) is 5.10 Å². The van der Waals surface area contributed by atoms with Gasteiger partial charge in [0.1, 0.15) is 5.69 Å². The van der Waals surface area contributed by atoms with Gasteiger partial charge in [-0.3, -0.25) is 14.8 Å². The Bertz CT molecular complexity index is 1220. The number of rotatable bonds is 11. The van der Waals surface area contributed by atoms with Crippen LogP contribution in [-0.4, -0.2) is 79.0 Å². The Labute approximate surface area is 224 Å². The van der Waals surface area contributed by atoms with E-state index >= 15 is 0 Å². The number of carbonyl (C=O) groups excluding carboxylic acids is 1. The molecule has 1 fully saturated rings. The Morgan fingerprint density at radius 3 is 2.61 bits per heavy atom. The van der Waals surface area contributed by atoms with E-state index in [1.54, 1.807) is 7.11 Å². The largest absolute Gasteiger partial charge is 0.493 e. The smallest absolute Gasteiger partial charge is 0.273 e. The minimum atomic E-state index is -0.269. The van der Waals surface area contributed by atoms with Gasteiger partial charge in [-0.1, -0.05) is 50.2 Å². The standard InChI is InChI=1S/C30H38N4O4/c1-21(2)12-17-38-24-11-10-23(20-25(24)36-3)29-26-27(22-8-5-4-6-9-22)31-32-28(26)30(35)34(29)14-7-13-33-15-18-37-19-16-33/h4-6,8-11,20-21,29H,7,12-19H2,1-3H3,(H,31,32). The monoisotopic (exact) mass is 518 g/mol. The predicted molar refractivity (Wildman–Crippen MR) is 147 cm³/mol. The van der Waals surface area contributed by atoms with Crippen LogP contribution >= 0.6 is 0 Å². The van der Waals surface area contributed by atoms with E-state index in [0.29, 0.717) is 30.5 Å². The molecule has 202 valence electrons. The lowest BCUT2D eigenvalue weighted by Gasteiger charge is -2.30. The van der Waals surface area contributed by atoms with E-state index in [-0.39, 0.29) is 11.9 Å². The highest BCUT2D eigenvalue weighted by molar-refractivity contribution is 6.00. The molecule has 1 aromatic heterocycles. The van der Waals surface area contributed by atoms with Crippen LogP contribution in [0.15, 0.2) is 48.5 Å². The quantitative estimate of drug-likeness (QED) is 0.394. The normalized spacial score (nSPS) is 17.7. The first-order chi connectivity index (χ1) is 18.6. The Morgan fingerprint density at radius 1 is 1.08 bits per heavy atom. The Balaban J connectivity index is 1.46. The summed E-state index contributed by atoms with van der Waals surface area (Å²) in [7, 11) is 1.66. The number of ether oxygens (including phenoxy) is 3. The van der Waals surface area contributed by atoms with Crippen LogP contribution in [0.25, 0.3) is 11.3 Å². The molecule has 1 atom stereocenters. The molecule has 0 spiro atoms. The van der Waals surface area contributed by atoms with Crippen LogP contribution in [0.1, 0.15) is 54.3 Å². The van der Waals surface area contributed by atoms with Gasteiger partial charge in [-0.25, -0.2) is 0 Å². The van der Waals surface area contributed by atoms with E-state index in [4.69, 9.17) is 14.2 Å². The SMILES string of the molecule is COc1cc(C2c3c(-c4ccccc4)n[nH]c3C(=O)N2CCCN2CCOCC2)ccc1OCCC(C)C. The molecule has 5 rings (SSSR count). The molecule has 2 aliphatic rings. The number of benzene rings is 2. The van der Waals surface area contributed by atoms with Crippen molar-refractivity contribution in [3.63, 3.8) is 0 Å². The van der Waals surface area contributed by atoms with Crippen molar-refractivity contribution in [2.24, 2.45) is 5.92 Å². The van der Waals surface area contributed by atoms with Crippen molar-refractivity contribution in [3.05, 3.63) is 65.4 Å². The number of carbonyl (C=O) groups is 1. The lowest BCUT2D eigenvalue weighted by atomic mass is 9.95. The van der Waals surface area contributed by atoms with Crippen molar-refractivity contribution in [2.75, 3.05) is 53.1 Å². The lowest BCUT2D eigenvalue weighted by molar-refractivity contribution is 0.0354. The van der Waals surface area contributed by atoms with Crippen LogP contribution in [0.3, 0.4) is 0 Å². The van der Waals surface area contributed by atoms with Crippen LogP contribution in [-0.2, 0) is 4.74 Å². The van der Waals surface area contributed by atoms with Crippen molar-refractivity contribution < 1.29 is 19.0 Å². The number of methoxy groups -OCH3 is 1. The topological polar surface area (TPSA) is 79.9 Å². The van der Waals surface area contributed by atoms with Gasteiger partial charge in [0, 0.05) is 37.3 Å². The molecule has 38 heavy (non-hydrogen) atoms. The fraction of sp³-hybridized carbons (Fsp3) is 0.467. The van der Waals surface area contributed by atoms with Crippen molar-refractivity contribution in [1.29, 1.82) is 0 Å². The summed E-state index contributed by atoms with van der Waals surface area (Å²) < 4.78 is 17.3. The highest BCUT2D eigenvalue weighted by Crippen LogP contribution is 2.44. The summed E-state index contributed by atoms with van der Waals surface area (Å²) in [6, 6.07) is 15.8. The first-order valence-electron chi connectivity index (χ1n) is 13.6. The second kappa shape index (κ2) is 12.0. The molecule has 3 aromatic rings. The molecule has 0 bridgehead atoms. The minimum absolute atomic E-state index is 0.0158. The van der Waals surface area contributed by atoms with Crippen molar-refractivity contribution in [2.45, 2.75) is 32.7 Å². The maximum atomic E-state index is 13.7. The number of hydrogen-bond acceptors (Lipinski definition) is 6. The van der Waals surface area contributed by atoms with Crippen LogP contribution < -0.4 is 9.47 Å². The number of H-pyrrole nitrogens is 1. The van der Waals surface area contributed by atoms with Crippen molar-refractivity contribution in [3.8, 4) is 22.8 Å². The molecule has 1 amide bonds. The van der Waals surface area contributed by atoms with Crippen molar-refractivity contribution in [1.82, 2.24) is 20.0 Å². The molecular formula is C30H38N4O4. The number of amides is 1. The van der Waals surface area contributed by atoms with Gasteiger partial charge < -0.3 is 19.1 Å². The van der Waals surface area contributed by atoms with Crippen LogP contribution in [0, 0.1) is 5.92 Å². The van der Waals surface area contributed by atoms with E-state index in [9.17, 15) is 4.79 Å². The number of aromatic amines is 1. The predicted octanol–water partition coefficient (Wildman–Crippen LogP) is 4.78. The van der Waals surface area contributed by atoms with Crippen LogP contribution in [0.2, 0.25) is 0 Å². The molecule has 1 N–H and O–H groups in total. The fourth-order valence-electron chi connectivity index (χ4n) is 5.26. The van der Waals surface area contributed by atoms with Gasteiger partial charge in [0.15, 0.2) is 11.5 Å². The zero-order chi connectivity index (χ0) is 26.5. The third kappa shape index (κ3) is 5.56. The molecule has 1 saturated heterocycles. The third-order valence-corrected chi connectivity index (χ3v) is 7.34. The third-order valence-electron chi connectivity index (χ3n) is 7.34. The molecule has 0 saturated carbocycles. The lowest BCUT2D eigenvalue weighted by Crippen LogP contribution is -2.38. The zero-order valence-corrected chi connectivity index (χ0v) is 22.6. The summed E-state index contributed by atoms with van der Waals surface area (Å²) in [5, 5.41) is 7.65. The number of nitrogens with zero attached hydrogens (tertiary/aromatic N) is 3. The maximum Gasteiger partial charge on any atom is 0.273 e. The van der Waals surface area contributed by atoms with E-state index in [1.807, 2.05) is 47.4 Å². The Kier molecular flexibility index (Phi) is 8.29. The average Bonchev–Trinajstić information content (AvgIpc) is 3.49. The average molecular weight is 519 g/mol. The molecule has 0 aliphatic carbocycles. The molecular weight excluding hydrogens is 480 g/mol. The molecule has 2 aromatic carbocycles. The first-order valence-corrected chi connectivity index (χ1v) is 13.6. The number of nitrogens with one attached hydrogen (secondary N) is 1. The summed E-state index contributed by atoms with van der Waals surface area (Å²) in [5.74, 6) is 1.94. The summed E-state index contributed by atoms with van der Waals surface area (Å²) in [6.07, 6.45) is 1.85. The molecule has 0 radical (unpaired) electrons. The van der Waals surface area contributed by atoms with Gasteiger partial charge in [0.2, 0.25) is 0 Å². The summed E-state index contributed by atoms with van der Waals surface area (Å²) in [4.78, 5) is 18.1. The summed E-state index contributed by atoms with van der Waals surface area (Å²) in [6.45, 7) is 9.99. The van der Waals surface area contributed by atoms with Crippen LogP contribution in [0.4, 0.5) is 0 Å². The molecule has 3 heterocycles. The number of hydrogen-bond donors (Lipinski definition) is 1.